The summed E-state index contributed by atoms with van der Waals surface area (Å²) in [7, 11) is 0. The van der Waals surface area contributed by atoms with Crippen LogP contribution in [-0.2, 0) is 10.2 Å². The second kappa shape index (κ2) is 4.56. The molecule has 0 spiro atoms. The molecule has 5 rings (SSSR count). The molecule has 1 aromatic rings. The predicted molar refractivity (Wildman–Crippen MR) is 83.5 cm³/mol. The number of carbonyl (C=O) groups is 1. The molecule has 0 aromatic heterocycles. The van der Waals surface area contributed by atoms with Crippen molar-refractivity contribution < 1.29 is 19.4 Å². The molecule has 4 aliphatic carbocycles. The number of rotatable bonds is 3. The Bertz CT molecular complexity index is 615. The zero-order valence-electron chi connectivity index (χ0n) is 13.4. The van der Waals surface area contributed by atoms with Crippen LogP contribution in [0.1, 0.15) is 51.0 Å². The molecule has 124 valence electrons. The molecule has 0 amide bonds. The third-order valence-corrected chi connectivity index (χ3v) is 6.77. The highest BCUT2D eigenvalue weighted by atomic mass is 19.1. The minimum atomic E-state index is -0.807. The minimum Gasteiger partial charge on any atom is -0.481 e. The van der Waals surface area contributed by atoms with Crippen molar-refractivity contribution in [2.45, 2.75) is 56.5 Å². The molecular weight excluding hydrogens is 295 g/mol. The molecule has 2 atom stereocenters. The Morgan fingerprint density at radius 3 is 2.22 bits per heavy atom. The van der Waals surface area contributed by atoms with E-state index in [4.69, 9.17) is 0 Å². The number of aliphatic carboxylic acids is 1. The van der Waals surface area contributed by atoms with Crippen LogP contribution in [0.15, 0.2) is 24.3 Å². The molecule has 4 fully saturated rings. The summed E-state index contributed by atoms with van der Waals surface area (Å²) >= 11 is 0. The molecule has 0 radical (unpaired) electrons. The van der Waals surface area contributed by atoms with Crippen molar-refractivity contribution in [2.24, 2.45) is 17.3 Å². The number of hydrogen-bond donors (Lipinski definition) is 2. The molecule has 4 aliphatic rings. The highest BCUT2D eigenvalue weighted by Gasteiger charge is 2.65. The maximum atomic E-state index is 13.4. The van der Waals surface area contributed by atoms with Gasteiger partial charge in [0.2, 0.25) is 0 Å². The first kappa shape index (κ1) is 15.1. The van der Waals surface area contributed by atoms with Crippen molar-refractivity contribution in [1.82, 2.24) is 0 Å². The Morgan fingerprint density at radius 2 is 1.74 bits per heavy atom. The Balaban J connectivity index is 1.84. The van der Waals surface area contributed by atoms with E-state index in [0.29, 0.717) is 12.8 Å². The van der Waals surface area contributed by atoms with Gasteiger partial charge < -0.3 is 10.2 Å². The highest BCUT2D eigenvalue weighted by molar-refractivity contribution is 5.69. The standard InChI is InChI=1S/C19H23FO3/c1-17-6-13-8-18(23,11-17)9-14(7-17)19(13,10-16(21)22)12-2-4-15(20)5-3-12/h2-5,13-14,23H,6-11H2,1H3,(H,21,22)/t13?,14?,17-,18-,19-. The van der Waals surface area contributed by atoms with Crippen LogP contribution < -0.4 is 0 Å². The molecule has 0 aliphatic heterocycles. The Morgan fingerprint density at radius 1 is 1.17 bits per heavy atom. The first-order valence-electron chi connectivity index (χ1n) is 8.45. The SMILES string of the molecule is C[C@]12CC3C[C@](O)(CC(C1)[C@@]3(CC(=O)O)c1ccc(F)cc1)C2. The zero-order chi connectivity index (χ0) is 16.5. The smallest absolute Gasteiger partial charge is 0.304 e. The Labute approximate surface area is 135 Å². The van der Waals surface area contributed by atoms with E-state index >= 15 is 0 Å². The number of hydrogen-bond acceptors (Lipinski definition) is 2. The number of aliphatic hydroxyl groups is 1. The first-order chi connectivity index (χ1) is 10.7. The van der Waals surface area contributed by atoms with E-state index in [1.807, 2.05) is 0 Å². The lowest BCUT2D eigenvalue weighted by Crippen LogP contribution is -2.65. The van der Waals surface area contributed by atoms with Gasteiger partial charge in [0, 0.05) is 5.41 Å². The van der Waals surface area contributed by atoms with E-state index < -0.39 is 17.0 Å². The van der Waals surface area contributed by atoms with E-state index in [-0.39, 0.29) is 29.5 Å². The van der Waals surface area contributed by atoms with Crippen molar-refractivity contribution in [2.75, 3.05) is 0 Å². The van der Waals surface area contributed by atoms with Crippen molar-refractivity contribution in [1.29, 1.82) is 0 Å². The van der Waals surface area contributed by atoms with Crippen LogP contribution in [0.25, 0.3) is 0 Å². The van der Waals surface area contributed by atoms with Crippen molar-refractivity contribution >= 4 is 5.97 Å². The number of carboxylic acid groups (broad SMARTS) is 1. The van der Waals surface area contributed by atoms with Gasteiger partial charge in [-0.15, -0.1) is 0 Å². The van der Waals surface area contributed by atoms with E-state index in [2.05, 4.69) is 6.92 Å². The van der Waals surface area contributed by atoms with Gasteiger partial charge in [0.25, 0.3) is 0 Å². The fourth-order valence-corrected chi connectivity index (χ4v) is 6.44. The summed E-state index contributed by atoms with van der Waals surface area (Å²) in [5.74, 6) is -0.798. The van der Waals surface area contributed by atoms with Gasteiger partial charge in [-0.25, -0.2) is 4.39 Å². The van der Waals surface area contributed by atoms with Crippen molar-refractivity contribution in [3.05, 3.63) is 35.6 Å². The molecular formula is C19H23FO3. The van der Waals surface area contributed by atoms with Crippen molar-refractivity contribution in [3.8, 4) is 0 Å². The molecule has 0 heterocycles. The zero-order valence-corrected chi connectivity index (χ0v) is 13.4. The highest BCUT2D eigenvalue weighted by Crippen LogP contribution is 2.69. The summed E-state index contributed by atoms with van der Waals surface area (Å²) < 4.78 is 13.4. The lowest BCUT2D eigenvalue weighted by atomic mass is 9.38. The van der Waals surface area contributed by atoms with Crippen LogP contribution in [0.3, 0.4) is 0 Å². The van der Waals surface area contributed by atoms with Crippen LogP contribution in [-0.4, -0.2) is 21.8 Å². The van der Waals surface area contributed by atoms with Gasteiger partial charge in [-0.3, -0.25) is 4.79 Å². The fourth-order valence-electron chi connectivity index (χ4n) is 6.44. The molecule has 4 heteroatoms. The van der Waals surface area contributed by atoms with E-state index in [9.17, 15) is 19.4 Å². The summed E-state index contributed by atoms with van der Waals surface area (Å²) in [5, 5.41) is 20.5. The molecule has 4 bridgehead atoms. The third kappa shape index (κ3) is 2.14. The molecule has 3 nitrogen and oxygen atoms in total. The Kier molecular flexibility index (Phi) is 3.00. The maximum Gasteiger partial charge on any atom is 0.304 e. The average Bonchev–Trinajstić information content (AvgIpc) is 2.41. The van der Waals surface area contributed by atoms with E-state index in [1.165, 1.54) is 12.1 Å². The van der Waals surface area contributed by atoms with E-state index in [1.54, 1.807) is 12.1 Å². The minimum absolute atomic E-state index is 0.0696. The summed E-state index contributed by atoms with van der Waals surface area (Å²) in [6.45, 7) is 2.23. The molecule has 2 unspecified atom stereocenters. The first-order valence-corrected chi connectivity index (χ1v) is 8.45. The predicted octanol–water partition coefficient (Wildman–Crippen LogP) is 3.50. The summed E-state index contributed by atoms with van der Waals surface area (Å²) in [5.41, 5.74) is -0.0565. The summed E-state index contributed by atoms with van der Waals surface area (Å²) in [4.78, 5) is 11.7. The lowest BCUT2D eigenvalue weighted by molar-refractivity contribution is -0.199. The third-order valence-electron chi connectivity index (χ3n) is 6.77. The summed E-state index contributed by atoms with van der Waals surface area (Å²) in [6, 6.07) is 6.38. The number of halogens is 1. The van der Waals surface area contributed by atoms with Crippen molar-refractivity contribution in [3.63, 3.8) is 0 Å². The normalized spacial score (nSPS) is 44.5. The van der Waals surface area contributed by atoms with Gasteiger partial charge in [0.05, 0.1) is 12.0 Å². The maximum absolute atomic E-state index is 13.4. The largest absolute Gasteiger partial charge is 0.481 e. The second-order valence-electron chi connectivity index (χ2n) is 8.54. The molecule has 1 aromatic carbocycles. The van der Waals surface area contributed by atoms with Gasteiger partial charge in [0.1, 0.15) is 5.82 Å². The van der Waals surface area contributed by atoms with Gasteiger partial charge in [-0.1, -0.05) is 19.1 Å². The van der Waals surface area contributed by atoms with Gasteiger partial charge in [0.15, 0.2) is 0 Å². The number of benzene rings is 1. The fraction of sp³-hybridized carbons (Fsp3) is 0.632. The number of carboxylic acids is 1. The van der Waals surface area contributed by atoms with Gasteiger partial charge in [-0.05, 0) is 67.1 Å². The van der Waals surface area contributed by atoms with Crippen LogP contribution >= 0.6 is 0 Å². The monoisotopic (exact) mass is 318 g/mol. The summed E-state index contributed by atoms with van der Waals surface area (Å²) in [6.07, 6.45) is 4.15. The van der Waals surface area contributed by atoms with Gasteiger partial charge >= 0.3 is 5.97 Å². The van der Waals surface area contributed by atoms with Gasteiger partial charge in [-0.2, -0.15) is 0 Å². The van der Waals surface area contributed by atoms with Crippen LogP contribution in [0.2, 0.25) is 0 Å². The quantitative estimate of drug-likeness (QED) is 0.897. The van der Waals surface area contributed by atoms with E-state index in [0.717, 1.165) is 24.8 Å². The van der Waals surface area contributed by atoms with Crippen LogP contribution in [0.5, 0.6) is 0 Å². The Hall–Kier alpha value is -1.42. The average molecular weight is 318 g/mol. The lowest BCUT2D eigenvalue weighted by Gasteiger charge is -2.67. The topological polar surface area (TPSA) is 57.5 Å². The molecule has 4 saturated carbocycles. The van der Waals surface area contributed by atoms with Crippen LogP contribution in [0, 0.1) is 23.1 Å². The molecule has 0 saturated heterocycles. The second-order valence-corrected chi connectivity index (χ2v) is 8.54. The van der Waals surface area contributed by atoms with Crippen LogP contribution in [0.4, 0.5) is 4.39 Å². The molecule has 23 heavy (non-hydrogen) atoms. The molecule has 2 N–H and O–H groups in total.